The number of hydrogen-bond donors (Lipinski definition) is 2. The monoisotopic (exact) mass is 366 g/mol. The molecule has 0 fully saturated rings. The lowest BCUT2D eigenvalue weighted by Crippen LogP contribution is -2.19. The minimum absolute atomic E-state index is 0.176. The Labute approximate surface area is 154 Å². The first-order valence-electron chi connectivity index (χ1n) is 8.36. The molecule has 0 spiro atoms. The van der Waals surface area contributed by atoms with Crippen LogP contribution in [-0.2, 0) is 0 Å². The fourth-order valence-corrected chi connectivity index (χ4v) is 2.67. The Kier molecular flexibility index (Phi) is 5.21. The Morgan fingerprint density at radius 2 is 1.89 bits per heavy atom. The van der Waals surface area contributed by atoms with E-state index < -0.39 is 11.5 Å². The number of rotatable bonds is 5. The fourth-order valence-electron chi connectivity index (χ4n) is 2.67. The molecule has 0 atom stereocenters. The van der Waals surface area contributed by atoms with Gasteiger partial charge in [-0.05, 0) is 37.3 Å². The van der Waals surface area contributed by atoms with Gasteiger partial charge in [0.05, 0.1) is 12.2 Å². The molecule has 2 amide bonds. The highest BCUT2D eigenvalue weighted by Gasteiger charge is 2.15. The van der Waals surface area contributed by atoms with Crippen LogP contribution in [0.5, 0.6) is 5.75 Å². The molecule has 0 saturated heterocycles. The van der Waals surface area contributed by atoms with Crippen molar-refractivity contribution >= 4 is 28.5 Å². The van der Waals surface area contributed by atoms with Crippen molar-refractivity contribution in [2.75, 3.05) is 19.0 Å². The summed E-state index contributed by atoms with van der Waals surface area (Å²) < 4.78 is 10.6. The zero-order chi connectivity index (χ0) is 19.4. The summed E-state index contributed by atoms with van der Waals surface area (Å²) in [7, 11) is 1.53. The number of nitrogens with one attached hydrogen (secondary N) is 2. The van der Waals surface area contributed by atoms with Crippen molar-refractivity contribution in [3.63, 3.8) is 0 Å². The maximum absolute atomic E-state index is 12.7. The summed E-state index contributed by atoms with van der Waals surface area (Å²) >= 11 is 0. The molecule has 2 N–H and O–H groups in total. The molecule has 7 nitrogen and oxygen atoms in total. The maximum Gasteiger partial charge on any atom is 0.337 e. The van der Waals surface area contributed by atoms with Gasteiger partial charge in [0.2, 0.25) is 0 Å². The van der Waals surface area contributed by atoms with Gasteiger partial charge in [-0.2, -0.15) is 0 Å². The van der Waals surface area contributed by atoms with Crippen LogP contribution in [0.25, 0.3) is 11.0 Å². The van der Waals surface area contributed by atoms with Crippen LogP contribution in [-0.4, -0.2) is 25.5 Å². The molecule has 138 valence electrons. The molecule has 7 heteroatoms. The number of anilines is 1. The van der Waals surface area contributed by atoms with E-state index in [-0.39, 0.29) is 17.1 Å². The van der Waals surface area contributed by atoms with E-state index in [1.54, 1.807) is 42.5 Å². The summed E-state index contributed by atoms with van der Waals surface area (Å²) in [6.07, 6.45) is 0. The molecule has 0 bridgehead atoms. The maximum atomic E-state index is 12.7. The summed E-state index contributed by atoms with van der Waals surface area (Å²) in [5.41, 5.74) is 0.648. The number of hydrogen-bond acceptors (Lipinski definition) is 5. The first kappa shape index (κ1) is 18.2. The van der Waals surface area contributed by atoms with Crippen LogP contribution in [0.3, 0.4) is 0 Å². The zero-order valence-corrected chi connectivity index (χ0v) is 14.9. The molecule has 1 heterocycles. The van der Waals surface area contributed by atoms with Gasteiger partial charge in [-0.1, -0.05) is 6.07 Å². The second-order valence-electron chi connectivity index (χ2n) is 5.68. The van der Waals surface area contributed by atoms with Gasteiger partial charge in [0.25, 0.3) is 11.8 Å². The smallest absolute Gasteiger partial charge is 0.337 e. The third-order valence-corrected chi connectivity index (χ3v) is 3.88. The number of fused-ring (bicyclic) bond motifs is 1. The number of amides is 2. The van der Waals surface area contributed by atoms with Crippen LogP contribution < -0.4 is 21.0 Å². The van der Waals surface area contributed by atoms with E-state index in [0.717, 1.165) is 6.07 Å². The Morgan fingerprint density at radius 3 is 2.63 bits per heavy atom. The van der Waals surface area contributed by atoms with Gasteiger partial charge < -0.3 is 19.8 Å². The molecule has 0 saturated carbocycles. The normalized spacial score (nSPS) is 10.4. The highest BCUT2D eigenvalue weighted by Crippen LogP contribution is 2.23. The van der Waals surface area contributed by atoms with E-state index in [1.807, 2.05) is 6.92 Å². The SMILES string of the molecule is CCOc1ccc2c(C(=O)Nc3cccc(C(=O)NC)c3)cc(=O)oc2c1. The van der Waals surface area contributed by atoms with Crippen molar-refractivity contribution in [2.24, 2.45) is 0 Å². The number of carbonyl (C=O) groups is 2. The molecular formula is C20H18N2O5. The molecule has 27 heavy (non-hydrogen) atoms. The summed E-state index contributed by atoms with van der Waals surface area (Å²) in [5.74, 6) is -0.199. The average molecular weight is 366 g/mol. The highest BCUT2D eigenvalue weighted by molar-refractivity contribution is 6.12. The van der Waals surface area contributed by atoms with Gasteiger partial charge in [-0.25, -0.2) is 4.79 Å². The summed E-state index contributed by atoms with van der Waals surface area (Å²) in [6, 6.07) is 12.6. The van der Waals surface area contributed by atoms with Gasteiger partial charge in [0.15, 0.2) is 0 Å². The minimum atomic E-state index is -0.639. The van der Waals surface area contributed by atoms with Crippen LogP contribution in [0.4, 0.5) is 5.69 Å². The van der Waals surface area contributed by atoms with Crippen molar-refractivity contribution in [2.45, 2.75) is 6.92 Å². The van der Waals surface area contributed by atoms with E-state index in [9.17, 15) is 14.4 Å². The standard InChI is InChI=1S/C20H18N2O5/c1-3-26-14-7-8-15-16(11-18(23)27-17(15)10-14)20(25)22-13-6-4-5-12(9-13)19(24)21-2/h4-11H,3H2,1-2H3,(H,21,24)(H,22,25). The van der Waals surface area contributed by atoms with Crippen LogP contribution in [0.2, 0.25) is 0 Å². The van der Waals surface area contributed by atoms with Crippen molar-refractivity contribution in [1.82, 2.24) is 5.32 Å². The van der Waals surface area contributed by atoms with Crippen molar-refractivity contribution < 1.29 is 18.7 Å². The topological polar surface area (TPSA) is 97.6 Å². The molecule has 0 aliphatic carbocycles. The Balaban J connectivity index is 1.96. The largest absolute Gasteiger partial charge is 0.494 e. The Hall–Kier alpha value is -3.61. The Morgan fingerprint density at radius 1 is 1.07 bits per heavy atom. The molecule has 3 rings (SSSR count). The molecule has 0 aliphatic heterocycles. The first-order valence-corrected chi connectivity index (χ1v) is 8.36. The fraction of sp³-hybridized carbons (Fsp3) is 0.150. The second kappa shape index (κ2) is 7.74. The Bertz CT molecular complexity index is 1070. The van der Waals surface area contributed by atoms with E-state index in [4.69, 9.17) is 9.15 Å². The summed E-state index contributed by atoms with van der Waals surface area (Å²) in [5, 5.41) is 5.71. The van der Waals surface area contributed by atoms with Crippen molar-refractivity contribution in [3.8, 4) is 5.75 Å². The lowest BCUT2D eigenvalue weighted by atomic mass is 10.1. The second-order valence-corrected chi connectivity index (χ2v) is 5.68. The van der Waals surface area contributed by atoms with Crippen LogP contribution in [0.15, 0.2) is 57.7 Å². The molecule has 1 aromatic heterocycles. The number of benzene rings is 2. The number of carbonyl (C=O) groups excluding carboxylic acids is 2. The minimum Gasteiger partial charge on any atom is -0.494 e. The van der Waals surface area contributed by atoms with Crippen LogP contribution in [0, 0.1) is 0 Å². The molecule has 3 aromatic rings. The molecule has 0 unspecified atom stereocenters. The van der Waals surface area contributed by atoms with E-state index in [0.29, 0.717) is 29.0 Å². The number of ether oxygens (including phenoxy) is 1. The molecule has 0 radical (unpaired) electrons. The molecule has 2 aromatic carbocycles. The zero-order valence-electron chi connectivity index (χ0n) is 14.9. The van der Waals surface area contributed by atoms with Crippen molar-refractivity contribution in [1.29, 1.82) is 0 Å². The summed E-state index contributed by atoms with van der Waals surface area (Å²) in [6.45, 7) is 2.31. The third-order valence-electron chi connectivity index (χ3n) is 3.88. The van der Waals surface area contributed by atoms with Gasteiger partial charge in [0.1, 0.15) is 11.3 Å². The van der Waals surface area contributed by atoms with Gasteiger partial charge >= 0.3 is 5.63 Å². The lowest BCUT2D eigenvalue weighted by molar-refractivity contribution is 0.0961. The third kappa shape index (κ3) is 3.98. The summed E-state index contributed by atoms with van der Waals surface area (Å²) in [4.78, 5) is 36.3. The van der Waals surface area contributed by atoms with Crippen LogP contribution in [0.1, 0.15) is 27.6 Å². The quantitative estimate of drug-likeness (QED) is 0.677. The van der Waals surface area contributed by atoms with E-state index >= 15 is 0 Å². The predicted octanol–water partition coefficient (Wildman–Crippen LogP) is 2.80. The van der Waals surface area contributed by atoms with Crippen LogP contribution >= 0.6 is 0 Å². The van der Waals surface area contributed by atoms with Gasteiger partial charge in [-0.3, -0.25) is 9.59 Å². The van der Waals surface area contributed by atoms with E-state index in [2.05, 4.69) is 10.6 Å². The van der Waals surface area contributed by atoms with Gasteiger partial charge in [0, 0.05) is 35.8 Å². The highest BCUT2D eigenvalue weighted by atomic mass is 16.5. The van der Waals surface area contributed by atoms with E-state index in [1.165, 1.54) is 7.05 Å². The molecular weight excluding hydrogens is 348 g/mol. The lowest BCUT2D eigenvalue weighted by Gasteiger charge is -2.09. The first-order chi connectivity index (χ1) is 13.0. The van der Waals surface area contributed by atoms with Gasteiger partial charge in [-0.15, -0.1) is 0 Å². The predicted molar refractivity (Wildman–Crippen MR) is 101 cm³/mol. The van der Waals surface area contributed by atoms with Crippen molar-refractivity contribution in [3.05, 3.63) is 70.1 Å². The molecule has 0 aliphatic rings. The average Bonchev–Trinajstić information content (AvgIpc) is 2.66.